The molecule has 0 amide bonds. The van der Waals surface area contributed by atoms with Crippen LogP contribution in [0.2, 0.25) is 0 Å². The number of methoxy groups -OCH3 is 3. The van der Waals surface area contributed by atoms with Crippen molar-refractivity contribution in [2.45, 2.75) is 35.5 Å². The summed E-state index contributed by atoms with van der Waals surface area (Å²) in [7, 11) is -9.56. The minimum absolute atomic E-state index is 0.0163. The molecule has 0 saturated heterocycles. The number of carbonyl (C=O) groups is 5. The normalized spacial score (nSPS) is 11.1. The second-order valence-electron chi connectivity index (χ2n) is 22.1. The Morgan fingerprint density at radius 3 is 0.670 bits per heavy atom. The molecular weight excluding hydrogens is 1340 g/mol. The van der Waals surface area contributed by atoms with Crippen LogP contribution in [0.1, 0.15) is 96.3 Å². The molecule has 23 heteroatoms. The Bertz CT molecular complexity index is 4940. The number of rotatable bonds is 22. The first-order chi connectivity index (χ1) is 47.6. The van der Waals surface area contributed by atoms with E-state index in [-0.39, 0.29) is 63.4 Å². The summed E-state index contributed by atoms with van der Waals surface area (Å²) in [5, 5.41) is 0. The van der Waals surface area contributed by atoms with E-state index in [0.29, 0.717) is 72.9 Å². The van der Waals surface area contributed by atoms with Gasteiger partial charge in [0.15, 0.2) is 28.9 Å². The number of carbonyl (C=O) groups excluding carboxylic acids is 5. The molecule has 0 unspecified atom stereocenters. The van der Waals surface area contributed by atoms with Crippen molar-refractivity contribution in [2.75, 3.05) is 21.3 Å². The van der Waals surface area contributed by atoms with Crippen LogP contribution in [0.4, 0.5) is 0 Å². The van der Waals surface area contributed by atoms with E-state index in [1.807, 2.05) is 57.2 Å². The third-order valence-electron chi connectivity index (χ3n) is 15.1. The van der Waals surface area contributed by atoms with Crippen molar-refractivity contribution in [1.82, 2.24) is 0 Å². The van der Waals surface area contributed by atoms with Crippen molar-refractivity contribution >= 4 is 59.3 Å². The van der Waals surface area contributed by atoms with Crippen LogP contribution in [-0.4, -0.2) is 89.2 Å². The first-order valence-electron chi connectivity index (χ1n) is 30.0. The second-order valence-corrected chi connectivity index (χ2v) is 26.3. The predicted octanol–water partition coefficient (Wildman–Crippen LogP) is 15.3. The number of hydrogen-bond acceptors (Lipinski definition) is 17. The fraction of sp³-hybridized carbons (Fsp3) is 0.0779. The highest BCUT2D eigenvalue weighted by molar-refractivity contribution is 7.86. The maximum absolute atomic E-state index is 12.9. The van der Waals surface area contributed by atoms with Gasteiger partial charge >= 0.3 is 0 Å². The Labute approximate surface area is 576 Å². The molecule has 0 atom stereocenters. The van der Waals surface area contributed by atoms with Gasteiger partial charge in [0.25, 0.3) is 30.4 Å². The Hall–Kier alpha value is -11.7. The Morgan fingerprint density at radius 1 is 0.240 bits per heavy atom. The standard InChI is InChI=1S/2C28H22O7S.C21H18O6S/c2*1-18-3-5-19(6-4-18)27(29)20-7-9-21(10-8-20)28(30)22-11-13-23(14-12-22)35-24-15-16-25(34-2)26(17-24)36(31,32)33;1-14-3-5-15(6-4-14)21(22)16-7-9-17(10-8-16)27-19-12-11-18(26-2)13-20(19)28(23,24)25/h2*3-17H,1-2H3,(H,31,32,33);3-13H,1-2H3,(H,23,24,25). The smallest absolute Gasteiger partial charge is 0.298 e. The van der Waals surface area contributed by atoms with Crippen molar-refractivity contribution in [3.8, 4) is 51.7 Å². The molecule has 0 saturated carbocycles. The first kappa shape index (κ1) is 72.6. The first-order valence-corrected chi connectivity index (χ1v) is 34.3. The third kappa shape index (κ3) is 18.7. The zero-order valence-corrected chi connectivity index (χ0v) is 56.6. The molecule has 3 N–H and O–H groups in total. The Kier molecular flexibility index (Phi) is 23.0. The van der Waals surface area contributed by atoms with Gasteiger partial charge in [-0.25, -0.2) is 0 Å². The minimum atomic E-state index is -4.51. The van der Waals surface area contributed by atoms with Gasteiger partial charge in [-0.1, -0.05) is 138 Å². The molecule has 0 aliphatic heterocycles. The van der Waals surface area contributed by atoms with Crippen LogP contribution in [-0.2, 0) is 30.4 Å². The summed E-state index contributed by atoms with van der Waals surface area (Å²) < 4.78 is 130. The molecule has 508 valence electrons. The lowest BCUT2D eigenvalue weighted by atomic mass is 9.98. The van der Waals surface area contributed by atoms with Gasteiger partial charge in [-0.3, -0.25) is 37.6 Å². The van der Waals surface area contributed by atoms with Crippen LogP contribution in [0, 0.1) is 20.8 Å². The number of benzene rings is 11. The molecule has 11 aromatic carbocycles. The largest absolute Gasteiger partial charge is 0.497 e. The van der Waals surface area contributed by atoms with Crippen LogP contribution in [0.25, 0.3) is 0 Å². The van der Waals surface area contributed by atoms with E-state index in [1.54, 1.807) is 158 Å². The molecule has 11 aromatic rings. The molecular formula is C77H62O20S3. The summed E-state index contributed by atoms with van der Waals surface area (Å²) >= 11 is 0. The lowest BCUT2D eigenvalue weighted by Gasteiger charge is -2.11. The third-order valence-corrected chi connectivity index (χ3v) is 17.7. The summed E-state index contributed by atoms with van der Waals surface area (Å²) in [5.41, 5.74) is 8.05. The molecule has 0 radical (unpaired) electrons. The summed E-state index contributed by atoms with van der Waals surface area (Å²) in [5.74, 6) is 0.710. The molecule has 0 aliphatic carbocycles. The highest BCUT2D eigenvalue weighted by atomic mass is 32.2. The van der Waals surface area contributed by atoms with E-state index in [4.69, 9.17) is 28.4 Å². The number of aryl methyl sites for hydroxylation is 3. The van der Waals surface area contributed by atoms with Gasteiger partial charge in [-0.05, 0) is 130 Å². The van der Waals surface area contributed by atoms with Gasteiger partial charge in [0, 0.05) is 73.8 Å². The Balaban J connectivity index is 0.000000177. The zero-order valence-electron chi connectivity index (χ0n) is 54.2. The number of ketones is 5. The van der Waals surface area contributed by atoms with Gasteiger partial charge in [0.2, 0.25) is 0 Å². The fourth-order valence-corrected chi connectivity index (χ4v) is 11.6. The lowest BCUT2D eigenvalue weighted by Crippen LogP contribution is -2.04. The Morgan fingerprint density at radius 2 is 0.430 bits per heavy atom. The molecule has 11 rings (SSSR count). The van der Waals surface area contributed by atoms with Crippen LogP contribution >= 0.6 is 0 Å². The van der Waals surface area contributed by atoms with E-state index >= 15 is 0 Å². The zero-order chi connectivity index (χ0) is 72.1. The van der Waals surface area contributed by atoms with Crippen LogP contribution in [0.5, 0.6) is 51.7 Å². The van der Waals surface area contributed by atoms with Crippen LogP contribution in [0.3, 0.4) is 0 Å². The lowest BCUT2D eigenvalue weighted by molar-refractivity contribution is 0.102. The predicted molar refractivity (Wildman–Crippen MR) is 372 cm³/mol. The number of ether oxygens (including phenoxy) is 6. The molecule has 0 spiro atoms. The molecule has 0 aliphatic rings. The molecule has 100 heavy (non-hydrogen) atoms. The van der Waals surface area contributed by atoms with Gasteiger partial charge < -0.3 is 28.4 Å². The molecule has 0 aromatic heterocycles. The monoisotopic (exact) mass is 1400 g/mol. The van der Waals surface area contributed by atoms with Crippen LogP contribution < -0.4 is 28.4 Å². The van der Waals surface area contributed by atoms with Gasteiger partial charge in [0.1, 0.15) is 66.4 Å². The highest BCUT2D eigenvalue weighted by Gasteiger charge is 2.23. The molecule has 0 bridgehead atoms. The topological polar surface area (TPSA) is 304 Å². The average molecular weight is 1400 g/mol. The maximum Gasteiger partial charge on any atom is 0.298 e. The van der Waals surface area contributed by atoms with Crippen molar-refractivity contribution in [1.29, 1.82) is 0 Å². The average Bonchev–Trinajstić information content (AvgIpc) is 0.831. The van der Waals surface area contributed by atoms with Gasteiger partial charge in [0.05, 0.1) is 21.3 Å². The van der Waals surface area contributed by atoms with E-state index in [2.05, 4.69) is 0 Å². The van der Waals surface area contributed by atoms with Crippen molar-refractivity contribution in [2.24, 2.45) is 0 Å². The van der Waals surface area contributed by atoms with E-state index in [9.17, 15) is 62.9 Å². The van der Waals surface area contributed by atoms with Crippen molar-refractivity contribution < 1.29 is 91.3 Å². The van der Waals surface area contributed by atoms with Crippen molar-refractivity contribution in [3.05, 3.63) is 321 Å². The quantitative estimate of drug-likeness (QED) is 0.0419. The van der Waals surface area contributed by atoms with E-state index < -0.39 is 45.0 Å². The summed E-state index contributed by atoms with van der Waals surface area (Å²) in [6, 6.07) is 65.8. The second kappa shape index (κ2) is 31.7. The number of hydrogen-bond donors (Lipinski definition) is 3. The van der Waals surface area contributed by atoms with E-state index in [0.717, 1.165) is 28.8 Å². The van der Waals surface area contributed by atoms with E-state index in [1.165, 1.54) is 63.8 Å². The molecule has 0 fully saturated rings. The van der Waals surface area contributed by atoms with Crippen molar-refractivity contribution in [3.63, 3.8) is 0 Å². The fourth-order valence-electron chi connectivity index (χ4n) is 9.66. The SMILES string of the molecule is COc1ccc(Oc2ccc(C(=O)c3ccc(C(=O)c4ccc(C)cc4)cc3)cc2)cc1S(=O)(=O)O.COc1ccc(Oc2ccc(C(=O)c3ccc(C(=O)c4ccc(C)cc4)cc3)cc2)cc1S(=O)(=O)O.COc1ccc(Oc2ccc(C(=O)c3ccc(C)cc3)cc2)c(S(=O)(=O)O)c1. The minimum Gasteiger partial charge on any atom is -0.497 e. The molecule has 20 nitrogen and oxygen atoms in total. The maximum atomic E-state index is 12.9. The highest BCUT2D eigenvalue weighted by Crippen LogP contribution is 2.35. The molecule has 0 heterocycles. The summed E-state index contributed by atoms with van der Waals surface area (Å²) in [6.07, 6.45) is 0. The van der Waals surface area contributed by atoms with Crippen LogP contribution in [0.15, 0.2) is 263 Å². The summed E-state index contributed by atoms with van der Waals surface area (Å²) in [4.78, 5) is 62.4. The van der Waals surface area contributed by atoms with Gasteiger partial charge in [-0.15, -0.1) is 0 Å². The summed E-state index contributed by atoms with van der Waals surface area (Å²) in [6.45, 7) is 5.85. The van der Waals surface area contributed by atoms with Gasteiger partial charge in [-0.2, -0.15) is 25.3 Å².